The lowest BCUT2D eigenvalue weighted by atomic mass is 9.99. The van der Waals surface area contributed by atoms with E-state index in [2.05, 4.69) is 0 Å². The molecule has 1 unspecified atom stereocenters. The fraction of sp³-hybridized carbons (Fsp3) is 0.556. The first kappa shape index (κ1) is 18.6. The van der Waals surface area contributed by atoms with Crippen molar-refractivity contribution in [3.05, 3.63) is 34.9 Å². The summed E-state index contributed by atoms with van der Waals surface area (Å²) < 4.78 is 23.6. The molecule has 1 atom stereocenters. The van der Waals surface area contributed by atoms with Crippen LogP contribution in [0.15, 0.2) is 18.2 Å². The van der Waals surface area contributed by atoms with E-state index < -0.39 is 9.84 Å². The first-order valence-corrected chi connectivity index (χ1v) is 10.1. The summed E-state index contributed by atoms with van der Waals surface area (Å²) in [5.41, 5.74) is 2.59. The third kappa shape index (κ3) is 4.90. The minimum atomic E-state index is -3.08. The van der Waals surface area contributed by atoms with Gasteiger partial charge in [-0.05, 0) is 31.4 Å². The van der Waals surface area contributed by atoms with Crippen molar-refractivity contribution in [2.24, 2.45) is 5.92 Å². The van der Waals surface area contributed by atoms with Gasteiger partial charge in [-0.2, -0.15) is 0 Å². The Kier molecular flexibility index (Phi) is 5.80. The molecule has 2 rings (SSSR count). The topological polar surface area (TPSA) is 71.5 Å². The standard InChI is InChI=1S/C18H25NO4S/c1-13-4-5-15(3)16(10-13)17(20)6-7-18(21)19-8-9-24(22,23)12-14(2)11-19/h4-5,10,14H,6-9,11-12H2,1-3H3. The summed E-state index contributed by atoms with van der Waals surface area (Å²) in [6.45, 7) is 6.32. The quantitative estimate of drug-likeness (QED) is 0.779. The summed E-state index contributed by atoms with van der Waals surface area (Å²) in [7, 11) is -3.08. The monoisotopic (exact) mass is 351 g/mol. The Hall–Kier alpha value is -1.69. The van der Waals surface area contributed by atoms with Gasteiger partial charge in [-0.3, -0.25) is 9.59 Å². The number of hydrogen-bond acceptors (Lipinski definition) is 4. The van der Waals surface area contributed by atoms with Gasteiger partial charge in [0.05, 0.1) is 11.5 Å². The molecule has 132 valence electrons. The van der Waals surface area contributed by atoms with Gasteiger partial charge in [-0.25, -0.2) is 8.42 Å². The highest BCUT2D eigenvalue weighted by Gasteiger charge is 2.27. The molecule has 0 spiro atoms. The number of ketones is 1. The maximum Gasteiger partial charge on any atom is 0.223 e. The Morgan fingerprint density at radius 2 is 1.92 bits per heavy atom. The summed E-state index contributed by atoms with van der Waals surface area (Å²) in [5.74, 6) is -0.125. The SMILES string of the molecule is Cc1ccc(C)c(C(=O)CCC(=O)N2CCS(=O)(=O)CC(C)C2)c1. The van der Waals surface area contributed by atoms with Crippen LogP contribution in [0.25, 0.3) is 0 Å². The maximum absolute atomic E-state index is 12.4. The first-order chi connectivity index (χ1) is 11.2. The van der Waals surface area contributed by atoms with E-state index in [1.54, 1.807) is 4.90 Å². The number of carbonyl (C=O) groups is 2. The molecule has 1 saturated heterocycles. The zero-order valence-corrected chi connectivity index (χ0v) is 15.4. The first-order valence-electron chi connectivity index (χ1n) is 8.26. The normalized spacial score (nSPS) is 20.5. The van der Waals surface area contributed by atoms with E-state index in [-0.39, 0.29) is 48.5 Å². The largest absolute Gasteiger partial charge is 0.341 e. The van der Waals surface area contributed by atoms with E-state index in [0.717, 1.165) is 11.1 Å². The van der Waals surface area contributed by atoms with Crippen LogP contribution in [0.1, 0.15) is 41.3 Å². The average molecular weight is 351 g/mol. The van der Waals surface area contributed by atoms with Gasteiger partial charge in [-0.1, -0.05) is 24.6 Å². The number of Topliss-reactive ketones (excluding diaryl/α,β-unsaturated/α-hetero) is 1. The molecule has 0 bridgehead atoms. The summed E-state index contributed by atoms with van der Waals surface area (Å²) in [6, 6.07) is 5.71. The van der Waals surface area contributed by atoms with Crippen LogP contribution in [-0.4, -0.2) is 49.6 Å². The van der Waals surface area contributed by atoms with Gasteiger partial charge in [0.2, 0.25) is 5.91 Å². The van der Waals surface area contributed by atoms with Gasteiger partial charge in [0.15, 0.2) is 15.6 Å². The fourth-order valence-electron chi connectivity index (χ4n) is 3.06. The molecule has 0 N–H and O–H groups in total. The molecule has 1 aliphatic heterocycles. The van der Waals surface area contributed by atoms with E-state index in [4.69, 9.17) is 0 Å². The molecule has 1 aliphatic rings. The van der Waals surface area contributed by atoms with E-state index in [0.29, 0.717) is 12.1 Å². The molecule has 0 aliphatic carbocycles. The summed E-state index contributed by atoms with van der Waals surface area (Å²) in [6.07, 6.45) is 0.278. The average Bonchev–Trinajstić information content (AvgIpc) is 2.64. The van der Waals surface area contributed by atoms with Crippen molar-refractivity contribution < 1.29 is 18.0 Å². The Bertz CT molecular complexity index is 739. The molecule has 1 aromatic rings. The van der Waals surface area contributed by atoms with Gasteiger partial charge in [-0.15, -0.1) is 0 Å². The number of amides is 1. The second-order valence-corrected chi connectivity index (χ2v) is 9.03. The molecule has 0 radical (unpaired) electrons. The predicted octanol–water partition coefficient (Wildman–Crippen LogP) is 2.16. The number of benzene rings is 1. The van der Waals surface area contributed by atoms with Crippen molar-refractivity contribution in [2.45, 2.75) is 33.6 Å². The highest BCUT2D eigenvalue weighted by molar-refractivity contribution is 7.91. The van der Waals surface area contributed by atoms with Crippen molar-refractivity contribution in [2.75, 3.05) is 24.6 Å². The van der Waals surface area contributed by atoms with Crippen LogP contribution in [0.3, 0.4) is 0 Å². The highest BCUT2D eigenvalue weighted by atomic mass is 32.2. The number of hydrogen-bond donors (Lipinski definition) is 0. The smallest absolute Gasteiger partial charge is 0.223 e. The lowest BCUT2D eigenvalue weighted by Crippen LogP contribution is -2.35. The zero-order chi connectivity index (χ0) is 17.9. The molecule has 0 saturated carbocycles. The fourth-order valence-corrected chi connectivity index (χ4v) is 4.70. The number of sulfone groups is 1. The third-order valence-electron chi connectivity index (χ3n) is 4.35. The van der Waals surface area contributed by atoms with Crippen LogP contribution in [0.4, 0.5) is 0 Å². The lowest BCUT2D eigenvalue weighted by molar-refractivity contribution is -0.131. The molecule has 1 aromatic carbocycles. The molecule has 1 amide bonds. The minimum Gasteiger partial charge on any atom is -0.341 e. The van der Waals surface area contributed by atoms with Gasteiger partial charge < -0.3 is 4.90 Å². The molecular formula is C18H25NO4S. The van der Waals surface area contributed by atoms with E-state index in [1.165, 1.54) is 0 Å². The van der Waals surface area contributed by atoms with Gasteiger partial charge >= 0.3 is 0 Å². The van der Waals surface area contributed by atoms with Crippen molar-refractivity contribution in [1.29, 1.82) is 0 Å². The van der Waals surface area contributed by atoms with Crippen LogP contribution >= 0.6 is 0 Å². The Labute approximate surface area is 144 Å². The molecule has 0 aromatic heterocycles. The zero-order valence-electron chi connectivity index (χ0n) is 14.5. The number of rotatable bonds is 4. The summed E-state index contributed by atoms with van der Waals surface area (Å²) in [5, 5.41) is 0. The third-order valence-corrected chi connectivity index (χ3v) is 6.24. The second kappa shape index (κ2) is 7.47. The Morgan fingerprint density at radius 3 is 2.62 bits per heavy atom. The van der Waals surface area contributed by atoms with Crippen molar-refractivity contribution >= 4 is 21.5 Å². The van der Waals surface area contributed by atoms with Crippen LogP contribution in [0, 0.1) is 19.8 Å². The molecule has 24 heavy (non-hydrogen) atoms. The van der Waals surface area contributed by atoms with Crippen LogP contribution < -0.4 is 0 Å². The van der Waals surface area contributed by atoms with E-state index >= 15 is 0 Å². The molecule has 5 nitrogen and oxygen atoms in total. The minimum absolute atomic E-state index is 0.00795. The van der Waals surface area contributed by atoms with Crippen LogP contribution in [0.2, 0.25) is 0 Å². The maximum atomic E-state index is 12.4. The lowest BCUT2D eigenvalue weighted by Gasteiger charge is -2.22. The van der Waals surface area contributed by atoms with E-state index in [1.807, 2.05) is 39.0 Å². The molecule has 1 fully saturated rings. The van der Waals surface area contributed by atoms with Gasteiger partial charge in [0.1, 0.15) is 0 Å². The second-order valence-electron chi connectivity index (χ2n) is 6.80. The van der Waals surface area contributed by atoms with Crippen LogP contribution in [0.5, 0.6) is 0 Å². The van der Waals surface area contributed by atoms with Crippen molar-refractivity contribution in [3.63, 3.8) is 0 Å². The summed E-state index contributed by atoms with van der Waals surface area (Å²) >= 11 is 0. The summed E-state index contributed by atoms with van der Waals surface area (Å²) in [4.78, 5) is 26.3. The molecular weight excluding hydrogens is 326 g/mol. The van der Waals surface area contributed by atoms with Gasteiger partial charge in [0, 0.05) is 31.5 Å². The predicted molar refractivity (Wildman–Crippen MR) is 93.9 cm³/mol. The Morgan fingerprint density at radius 1 is 1.21 bits per heavy atom. The van der Waals surface area contributed by atoms with E-state index in [9.17, 15) is 18.0 Å². The number of carbonyl (C=O) groups excluding carboxylic acids is 2. The highest BCUT2D eigenvalue weighted by Crippen LogP contribution is 2.16. The molecule has 6 heteroatoms. The van der Waals surface area contributed by atoms with Crippen molar-refractivity contribution in [3.8, 4) is 0 Å². The Balaban J connectivity index is 1.97. The van der Waals surface area contributed by atoms with Gasteiger partial charge in [0.25, 0.3) is 0 Å². The molecule has 1 heterocycles. The number of nitrogens with zero attached hydrogens (tertiary/aromatic N) is 1. The number of aryl methyl sites for hydroxylation is 2. The van der Waals surface area contributed by atoms with Crippen molar-refractivity contribution in [1.82, 2.24) is 4.90 Å². The van der Waals surface area contributed by atoms with Crippen LogP contribution in [-0.2, 0) is 14.6 Å².